The summed E-state index contributed by atoms with van der Waals surface area (Å²) in [5, 5.41) is 0. The molecule has 0 spiro atoms. The van der Waals surface area contributed by atoms with Crippen molar-refractivity contribution in [1.82, 2.24) is 0 Å². The van der Waals surface area contributed by atoms with Crippen LogP contribution in [0.1, 0.15) is 22.8 Å². The number of hydrogen-bond acceptors (Lipinski definition) is 4. The molecular weight excluding hydrogens is 338 g/mol. The van der Waals surface area contributed by atoms with Gasteiger partial charge in [0, 0.05) is 0 Å². The number of anilines is 1. The summed E-state index contributed by atoms with van der Waals surface area (Å²) in [6, 6.07) is 13.0. The molecule has 0 aliphatic carbocycles. The minimum Gasteiger partial charge on any atom is -0.462 e. The summed E-state index contributed by atoms with van der Waals surface area (Å²) in [5.41, 5.74) is 1.46. The molecule has 2 aromatic rings. The number of aryl methyl sites for hydroxylation is 1. The Morgan fingerprint density at radius 2 is 1.88 bits per heavy atom. The van der Waals surface area contributed by atoms with Gasteiger partial charge in [-0.15, -0.1) is 6.58 Å². The van der Waals surface area contributed by atoms with E-state index in [2.05, 4.69) is 6.58 Å². The van der Waals surface area contributed by atoms with Gasteiger partial charge in [-0.25, -0.2) is 13.2 Å². The lowest BCUT2D eigenvalue weighted by Gasteiger charge is -2.25. The third-order valence-electron chi connectivity index (χ3n) is 3.62. The summed E-state index contributed by atoms with van der Waals surface area (Å²) < 4.78 is 32.3. The smallest absolute Gasteiger partial charge is 0.338 e. The van der Waals surface area contributed by atoms with Crippen molar-refractivity contribution in [3.05, 3.63) is 72.3 Å². The van der Waals surface area contributed by atoms with E-state index in [9.17, 15) is 13.2 Å². The Morgan fingerprint density at radius 3 is 2.48 bits per heavy atom. The SMILES string of the molecule is C=CCN(c1cc(C(=O)OCC)ccc1C)S(=O)(=O)c1ccccc1. The normalized spacial score (nSPS) is 11.0. The first-order valence-corrected chi connectivity index (χ1v) is 9.32. The Balaban J connectivity index is 2.56. The van der Waals surface area contributed by atoms with Crippen molar-refractivity contribution in [3.63, 3.8) is 0 Å². The van der Waals surface area contributed by atoms with E-state index >= 15 is 0 Å². The number of benzene rings is 2. The predicted molar refractivity (Wildman–Crippen MR) is 98.3 cm³/mol. The van der Waals surface area contributed by atoms with Crippen LogP contribution in [0, 0.1) is 6.92 Å². The molecule has 0 unspecified atom stereocenters. The van der Waals surface area contributed by atoms with Crippen molar-refractivity contribution >= 4 is 21.7 Å². The van der Waals surface area contributed by atoms with Gasteiger partial charge in [0.15, 0.2) is 0 Å². The van der Waals surface area contributed by atoms with Crippen molar-refractivity contribution in [2.24, 2.45) is 0 Å². The van der Waals surface area contributed by atoms with Crippen LogP contribution in [0.15, 0.2) is 66.1 Å². The lowest BCUT2D eigenvalue weighted by molar-refractivity contribution is 0.0526. The van der Waals surface area contributed by atoms with Crippen LogP contribution in [0.25, 0.3) is 0 Å². The Bertz CT molecular complexity index is 860. The second kappa shape index (κ2) is 7.98. The molecule has 6 heteroatoms. The fraction of sp³-hybridized carbons (Fsp3) is 0.211. The molecule has 0 bridgehead atoms. The van der Waals surface area contributed by atoms with E-state index in [-0.39, 0.29) is 18.0 Å². The summed E-state index contributed by atoms with van der Waals surface area (Å²) in [4.78, 5) is 12.2. The molecule has 132 valence electrons. The Hall–Kier alpha value is -2.60. The van der Waals surface area contributed by atoms with E-state index in [0.717, 1.165) is 5.56 Å². The highest BCUT2D eigenvalue weighted by Gasteiger charge is 2.25. The molecule has 0 aliphatic rings. The first kappa shape index (κ1) is 18.7. The third kappa shape index (κ3) is 4.09. The van der Waals surface area contributed by atoms with E-state index in [1.807, 2.05) is 0 Å². The molecule has 0 amide bonds. The molecule has 0 N–H and O–H groups in total. The number of esters is 1. The minimum atomic E-state index is -3.78. The van der Waals surface area contributed by atoms with Crippen LogP contribution in [0.5, 0.6) is 0 Å². The molecule has 25 heavy (non-hydrogen) atoms. The number of ether oxygens (including phenoxy) is 1. The molecule has 0 atom stereocenters. The van der Waals surface area contributed by atoms with E-state index < -0.39 is 16.0 Å². The van der Waals surface area contributed by atoms with Crippen molar-refractivity contribution in [2.45, 2.75) is 18.7 Å². The van der Waals surface area contributed by atoms with Crippen LogP contribution in [-0.4, -0.2) is 27.5 Å². The molecule has 0 saturated heterocycles. The van der Waals surface area contributed by atoms with Gasteiger partial charge < -0.3 is 4.74 Å². The predicted octanol–water partition coefficient (Wildman–Crippen LogP) is 3.55. The van der Waals surface area contributed by atoms with Gasteiger partial charge in [-0.1, -0.05) is 30.3 Å². The maximum Gasteiger partial charge on any atom is 0.338 e. The zero-order valence-electron chi connectivity index (χ0n) is 14.3. The first-order valence-electron chi connectivity index (χ1n) is 7.88. The average Bonchev–Trinajstić information content (AvgIpc) is 2.61. The summed E-state index contributed by atoms with van der Waals surface area (Å²) in [6.45, 7) is 7.50. The topological polar surface area (TPSA) is 63.7 Å². The van der Waals surface area contributed by atoms with Crippen molar-refractivity contribution in [3.8, 4) is 0 Å². The maximum absolute atomic E-state index is 13.0. The molecule has 0 heterocycles. The van der Waals surface area contributed by atoms with E-state index in [0.29, 0.717) is 11.3 Å². The monoisotopic (exact) mass is 359 g/mol. The largest absolute Gasteiger partial charge is 0.462 e. The van der Waals surface area contributed by atoms with Gasteiger partial charge >= 0.3 is 5.97 Å². The molecule has 2 aromatic carbocycles. The van der Waals surface area contributed by atoms with Gasteiger partial charge in [0.1, 0.15) is 0 Å². The highest BCUT2D eigenvalue weighted by atomic mass is 32.2. The number of nitrogens with zero attached hydrogens (tertiary/aromatic N) is 1. The highest BCUT2D eigenvalue weighted by Crippen LogP contribution is 2.28. The van der Waals surface area contributed by atoms with Crippen LogP contribution in [0.2, 0.25) is 0 Å². The van der Waals surface area contributed by atoms with Gasteiger partial charge in [-0.3, -0.25) is 4.31 Å². The van der Waals surface area contributed by atoms with Crippen molar-refractivity contribution in [1.29, 1.82) is 0 Å². The molecular formula is C19H21NO4S. The number of sulfonamides is 1. The number of rotatable bonds is 7. The maximum atomic E-state index is 13.0. The second-order valence-electron chi connectivity index (χ2n) is 5.36. The summed E-state index contributed by atoms with van der Waals surface area (Å²) in [7, 11) is -3.78. The molecule has 0 aromatic heterocycles. The fourth-order valence-corrected chi connectivity index (χ4v) is 3.90. The Morgan fingerprint density at radius 1 is 1.20 bits per heavy atom. The van der Waals surface area contributed by atoms with Gasteiger partial charge in [-0.2, -0.15) is 0 Å². The molecule has 0 radical (unpaired) electrons. The lowest BCUT2D eigenvalue weighted by Crippen LogP contribution is -2.32. The van der Waals surface area contributed by atoms with Gasteiger partial charge in [-0.05, 0) is 43.7 Å². The van der Waals surface area contributed by atoms with Gasteiger partial charge in [0.25, 0.3) is 10.0 Å². The fourth-order valence-electron chi connectivity index (χ4n) is 2.38. The van der Waals surface area contributed by atoms with E-state index in [1.165, 1.54) is 28.6 Å². The third-order valence-corrected chi connectivity index (χ3v) is 5.41. The average molecular weight is 359 g/mol. The van der Waals surface area contributed by atoms with E-state index in [1.54, 1.807) is 44.2 Å². The summed E-state index contributed by atoms with van der Waals surface area (Å²) >= 11 is 0. The first-order chi connectivity index (χ1) is 11.9. The van der Waals surface area contributed by atoms with E-state index in [4.69, 9.17) is 4.74 Å². The van der Waals surface area contributed by atoms with Crippen LogP contribution >= 0.6 is 0 Å². The molecule has 2 rings (SSSR count). The van der Waals surface area contributed by atoms with Gasteiger partial charge in [0.2, 0.25) is 0 Å². The Labute approximate surface area is 148 Å². The quantitative estimate of drug-likeness (QED) is 0.560. The van der Waals surface area contributed by atoms with Crippen LogP contribution in [-0.2, 0) is 14.8 Å². The molecule has 0 saturated carbocycles. The zero-order valence-corrected chi connectivity index (χ0v) is 15.1. The van der Waals surface area contributed by atoms with Gasteiger partial charge in [0.05, 0.1) is 29.3 Å². The number of carbonyl (C=O) groups excluding carboxylic acids is 1. The zero-order chi connectivity index (χ0) is 18.4. The van der Waals surface area contributed by atoms with Crippen LogP contribution < -0.4 is 4.31 Å². The van der Waals surface area contributed by atoms with Crippen LogP contribution in [0.3, 0.4) is 0 Å². The van der Waals surface area contributed by atoms with Crippen LogP contribution in [0.4, 0.5) is 5.69 Å². The molecule has 0 aliphatic heterocycles. The molecule has 5 nitrogen and oxygen atoms in total. The number of carbonyl (C=O) groups is 1. The lowest BCUT2D eigenvalue weighted by atomic mass is 10.1. The van der Waals surface area contributed by atoms with Crippen molar-refractivity contribution in [2.75, 3.05) is 17.5 Å². The second-order valence-corrected chi connectivity index (χ2v) is 7.22. The standard InChI is InChI=1S/C19H21NO4S/c1-4-13-20(25(22,23)17-9-7-6-8-10-17)18-14-16(12-11-15(18)3)19(21)24-5-2/h4,6-12,14H,1,5,13H2,2-3H3. The summed E-state index contributed by atoms with van der Waals surface area (Å²) in [6.07, 6.45) is 1.51. The highest BCUT2D eigenvalue weighted by molar-refractivity contribution is 7.92. The Kier molecular flexibility index (Phi) is 5.98. The van der Waals surface area contributed by atoms with Crippen molar-refractivity contribution < 1.29 is 17.9 Å². The summed E-state index contributed by atoms with van der Waals surface area (Å²) in [5.74, 6) is -0.487. The molecule has 0 fully saturated rings. The minimum absolute atomic E-state index is 0.0876. The number of hydrogen-bond donors (Lipinski definition) is 0.